The van der Waals surface area contributed by atoms with Gasteiger partial charge >= 0.3 is 0 Å². The van der Waals surface area contributed by atoms with Crippen molar-refractivity contribution < 1.29 is 19.2 Å². The van der Waals surface area contributed by atoms with E-state index in [2.05, 4.69) is 4.98 Å². The fraction of sp³-hybridized carbons (Fsp3) is 0.318. The number of amides is 2. The summed E-state index contributed by atoms with van der Waals surface area (Å²) in [6, 6.07) is 16.9. The summed E-state index contributed by atoms with van der Waals surface area (Å²) in [6.45, 7) is 0.536. The summed E-state index contributed by atoms with van der Waals surface area (Å²) in [5.74, 6) is -0.135. The number of hydrogen-bond acceptors (Lipinski definition) is 5. The molecule has 1 aromatic heterocycles. The van der Waals surface area contributed by atoms with Crippen molar-refractivity contribution >= 4 is 23.4 Å². The highest BCUT2D eigenvalue weighted by Gasteiger charge is 2.37. The molecule has 2 atom stereocenters. The number of carbonyl (C=O) groups excluding carboxylic acids is 2. The average Bonchev–Trinajstić information content (AvgIpc) is 3.40. The quantitative estimate of drug-likeness (QED) is 0.378. The maximum Gasteiger partial charge on any atom is 0.233 e. The molecule has 2 amide bonds. The molecule has 3 aromatic rings. The smallest absolute Gasteiger partial charge is 0.233 e. The first kappa shape index (κ1) is 19.1. The van der Waals surface area contributed by atoms with Gasteiger partial charge in [0.2, 0.25) is 18.2 Å². The second-order valence-electron chi connectivity index (χ2n) is 7.32. The predicted molar refractivity (Wildman–Crippen MR) is 106 cm³/mol. The molecule has 2 aromatic carbocycles. The number of hydroxylamine groups is 2. The predicted octanol–water partition coefficient (Wildman–Crippen LogP) is 3.20. The normalized spacial score (nSPS) is 17.4. The largest absolute Gasteiger partial charge is 0.438 e. The van der Waals surface area contributed by atoms with Gasteiger partial charge in [-0.05, 0) is 37.0 Å². The van der Waals surface area contributed by atoms with Gasteiger partial charge in [0, 0.05) is 6.54 Å². The van der Waals surface area contributed by atoms with Crippen molar-refractivity contribution in [2.24, 2.45) is 5.92 Å². The van der Waals surface area contributed by atoms with E-state index in [1.165, 1.54) is 0 Å². The van der Waals surface area contributed by atoms with Crippen molar-refractivity contribution in [3.8, 4) is 0 Å². The Labute approximate surface area is 168 Å². The molecule has 7 nitrogen and oxygen atoms in total. The molecule has 0 bridgehead atoms. The molecule has 1 aliphatic rings. The van der Waals surface area contributed by atoms with E-state index >= 15 is 0 Å². The van der Waals surface area contributed by atoms with E-state index in [-0.39, 0.29) is 18.5 Å². The first-order chi connectivity index (χ1) is 14.2. The Hall–Kier alpha value is -3.19. The van der Waals surface area contributed by atoms with Crippen molar-refractivity contribution in [2.45, 2.75) is 25.3 Å². The van der Waals surface area contributed by atoms with Crippen LogP contribution < -0.4 is 0 Å². The topological polar surface area (TPSA) is 86.9 Å². The standard InChI is InChI=1S/C22H23N3O4/c26-15-24(28)14-17(13-16-7-2-1-3-8-16)22(27)25-12-6-10-19(25)21-23-18-9-4-5-11-20(18)29-21/h1-5,7-9,11,15,17,19,28H,6,10,12-14H2/t17-,19+/m1/s1. The van der Waals surface area contributed by atoms with Crippen molar-refractivity contribution in [1.82, 2.24) is 14.9 Å². The molecule has 1 aliphatic heterocycles. The summed E-state index contributed by atoms with van der Waals surface area (Å²) >= 11 is 0. The zero-order valence-electron chi connectivity index (χ0n) is 16.0. The molecule has 1 fully saturated rings. The Morgan fingerprint density at radius 2 is 2.00 bits per heavy atom. The highest BCUT2D eigenvalue weighted by molar-refractivity contribution is 5.80. The molecule has 0 spiro atoms. The van der Waals surface area contributed by atoms with Gasteiger partial charge in [-0.25, -0.2) is 10.0 Å². The second kappa shape index (κ2) is 8.45. The van der Waals surface area contributed by atoms with E-state index in [0.717, 1.165) is 23.9 Å². The van der Waals surface area contributed by atoms with Gasteiger partial charge in [-0.2, -0.15) is 0 Å². The van der Waals surface area contributed by atoms with E-state index in [0.29, 0.717) is 35.9 Å². The number of hydrogen-bond donors (Lipinski definition) is 1. The average molecular weight is 393 g/mol. The molecule has 29 heavy (non-hydrogen) atoms. The van der Waals surface area contributed by atoms with Crippen LogP contribution in [0.1, 0.15) is 30.3 Å². The Morgan fingerprint density at radius 1 is 1.24 bits per heavy atom. The Bertz CT molecular complexity index is 955. The lowest BCUT2D eigenvalue weighted by molar-refractivity contribution is -0.157. The molecule has 4 rings (SSSR count). The Morgan fingerprint density at radius 3 is 2.76 bits per heavy atom. The van der Waals surface area contributed by atoms with Gasteiger partial charge in [-0.1, -0.05) is 42.5 Å². The molecule has 0 aliphatic carbocycles. The van der Waals surface area contributed by atoms with Crippen LogP contribution in [0.4, 0.5) is 0 Å². The van der Waals surface area contributed by atoms with Crippen LogP contribution in [-0.2, 0) is 16.0 Å². The van der Waals surface area contributed by atoms with E-state index in [9.17, 15) is 14.8 Å². The van der Waals surface area contributed by atoms with Crippen LogP contribution >= 0.6 is 0 Å². The number of para-hydroxylation sites is 2. The van der Waals surface area contributed by atoms with E-state index < -0.39 is 5.92 Å². The number of fused-ring (bicyclic) bond motifs is 1. The van der Waals surface area contributed by atoms with Gasteiger partial charge in [0.05, 0.1) is 12.5 Å². The maximum atomic E-state index is 13.4. The number of benzene rings is 2. The van der Waals surface area contributed by atoms with E-state index in [1.54, 1.807) is 4.90 Å². The molecule has 0 unspecified atom stereocenters. The fourth-order valence-corrected chi connectivity index (χ4v) is 3.95. The first-order valence-corrected chi connectivity index (χ1v) is 9.76. The van der Waals surface area contributed by atoms with Crippen LogP contribution in [-0.4, -0.2) is 45.6 Å². The molecule has 1 N–H and O–H groups in total. The zero-order chi connectivity index (χ0) is 20.2. The van der Waals surface area contributed by atoms with Crippen LogP contribution in [0.25, 0.3) is 11.1 Å². The zero-order valence-corrected chi connectivity index (χ0v) is 16.0. The van der Waals surface area contributed by atoms with Gasteiger partial charge < -0.3 is 9.32 Å². The minimum Gasteiger partial charge on any atom is -0.438 e. The summed E-state index contributed by atoms with van der Waals surface area (Å²) in [7, 11) is 0. The number of aromatic nitrogens is 1. The van der Waals surface area contributed by atoms with Gasteiger partial charge in [-0.3, -0.25) is 14.8 Å². The molecule has 150 valence electrons. The molecule has 2 heterocycles. The second-order valence-corrected chi connectivity index (χ2v) is 7.32. The Kier molecular flexibility index (Phi) is 5.57. The minimum absolute atomic E-state index is 0.0615. The summed E-state index contributed by atoms with van der Waals surface area (Å²) in [4.78, 5) is 30.7. The Balaban J connectivity index is 1.58. The van der Waals surface area contributed by atoms with Crippen LogP contribution in [0.15, 0.2) is 59.0 Å². The lowest BCUT2D eigenvalue weighted by atomic mass is 9.97. The molecule has 0 radical (unpaired) electrons. The maximum absolute atomic E-state index is 13.4. The SMILES string of the molecule is O=CN(O)C[C@@H](Cc1ccccc1)C(=O)N1CCC[C@H]1c1nc2ccccc2o1. The number of carbonyl (C=O) groups is 2. The molecule has 0 saturated carbocycles. The highest BCUT2D eigenvalue weighted by Crippen LogP contribution is 2.34. The van der Waals surface area contributed by atoms with Gasteiger partial charge in [-0.15, -0.1) is 0 Å². The third-order valence-corrected chi connectivity index (χ3v) is 5.33. The minimum atomic E-state index is -0.558. The van der Waals surface area contributed by atoms with Gasteiger partial charge in [0.25, 0.3) is 0 Å². The third-order valence-electron chi connectivity index (χ3n) is 5.33. The van der Waals surface area contributed by atoms with Crippen LogP contribution in [0.3, 0.4) is 0 Å². The summed E-state index contributed by atoms with van der Waals surface area (Å²) < 4.78 is 5.91. The van der Waals surface area contributed by atoms with Crippen molar-refractivity contribution in [2.75, 3.05) is 13.1 Å². The molecule has 1 saturated heterocycles. The summed E-state index contributed by atoms with van der Waals surface area (Å²) in [5, 5.41) is 10.3. The molecular formula is C22H23N3O4. The highest BCUT2D eigenvalue weighted by atomic mass is 16.5. The van der Waals surface area contributed by atoms with Gasteiger partial charge in [0.1, 0.15) is 11.6 Å². The van der Waals surface area contributed by atoms with E-state index in [4.69, 9.17) is 4.42 Å². The fourth-order valence-electron chi connectivity index (χ4n) is 3.95. The molecule has 7 heteroatoms. The third kappa shape index (κ3) is 4.14. The molecular weight excluding hydrogens is 370 g/mol. The van der Waals surface area contributed by atoms with Crippen LogP contribution in [0, 0.1) is 5.92 Å². The monoisotopic (exact) mass is 393 g/mol. The van der Waals surface area contributed by atoms with Crippen molar-refractivity contribution in [3.63, 3.8) is 0 Å². The lowest BCUT2D eigenvalue weighted by Gasteiger charge is -2.28. The van der Waals surface area contributed by atoms with Crippen LogP contribution in [0.5, 0.6) is 0 Å². The number of nitrogens with zero attached hydrogens (tertiary/aromatic N) is 3. The van der Waals surface area contributed by atoms with Crippen molar-refractivity contribution in [3.05, 3.63) is 66.1 Å². The summed E-state index contributed by atoms with van der Waals surface area (Å²) in [6.07, 6.45) is 2.38. The lowest BCUT2D eigenvalue weighted by Crippen LogP contribution is -2.41. The van der Waals surface area contributed by atoms with Gasteiger partial charge in [0.15, 0.2) is 5.58 Å². The number of likely N-dealkylation sites (tertiary alicyclic amines) is 1. The summed E-state index contributed by atoms with van der Waals surface area (Å²) in [5.41, 5.74) is 2.44. The van der Waals surface area contributed by atoms with E-state index in [1.807, 2.05) is 54.6 Å². The van der Waals surface area contributed by atoms with Crippen LogP contribution in [0.2, 0.25) is 0 Å². The first-order valence-electron chi connectivity index (χ1n) is 9.76. The number of rotatable bonds is 7. The number of oxazole rings is 1. The van der Waals surface area contributed by atoms with Crippen molar-refractivity contribution in [1.29, 1.82) is 0 Å².